The standard InChI is InChI=1S/C13H13BrN2O2S/c1-16(8-10-4-5-11(14)19-10)13(17)9-3-6-12(18-2)15-7-9/h3-7H,8H2,1-2H3. The van der Waals surface area contributed by atoms with Gasteiger partial charge in [-0.05, 0) is 34.1 Å². The van der Waals surface area contributed by atoms with Gasteiger partial charge in [0, 0.05) is 24.2 Å². The molecule has 0 atom stereocenters. The summed E-state index contributed by atoms with van der Waals surface area (Å²) >= 11 is 5.03. The van der Waals surface area contributed by atoms with Crippen molar-refractivity contribution in [1.82, 2.24) is 9.88 Å². The second kappa shape index (κ2) is 6.16. The van der Waals surface area contributed by atoms with Crippen molar-refractivity contribution in [1.29, 1.82) is 0 Å². The van der Waals surface area contributed by atoms with Crippen LogP contribution in [0.3, 0.4) is 0 Å². The molecule has 0 aliphatic carbocycles. The average Bonchev–Trinajstić information content (AvgIpc) is 2.83. The summed E-state index contributed by atoms with van der Waals surface area (Å²) in [5.41, 5.74) is 0.555. The molecular formula is C13H13BrN2O2S. The van der Waals surface area contributed by atoms with E-state index >= 15 is 0 Å². The quantitative estimate of drug-likeness (QED) is 0.858. The third kappa shape index (κ3) is 3.54. The van der Waals surface area contributed by atoms with Crippen molar-refractivity contribution < 1.29 is 9.53 Å². The van der Waals surface area contributed by atoms with Crippen molar-refractivity contribution in [3.63, 3.8) is 0 Å². The lowest BCUT2D eigenvalue weighted by Crippen LogP contribution is -2.25. The van der Waals surface area contributed by atoms with Gasteiger partial charge in [-0.2, -0.15) is 0 Å². The van der Waals surface area contributed by atoms with Crippen LogP contribution in [0.2, 0.25) is 0 Å². The van der Waals surface area contributed by atoms with Gasteiger partial charge < -0.3 is 9.64 Å². The van der Waals surface area contributed by atoms with Gasteiger partial charge in [0.25, 0.3) is 5.91 Å². The number of nitrogens with zero attached hydrogens (tertiary/aromatic N) is 2. The molecule has 100 valence electrons. The molecule has 0 saturated carbocycles. The van der Waals surface area contributed by atoms with Crippen LogP contribution in [0.1, 0.15) is 15.2 Å². The summed E-state index contributed by atoms with van der Waals surface area (Å²) in [6.07, 6.45) is 1.53. The largest absolute Gasteiger partial charge is 0.481 e. The summed E-state index contributed by atoms with van der Waals surface area (Å²) < 4.78 is 6.03. The summed E-state index contributed by atoms with van der Waals surface area (Å²) in [6, 6.07) is 7.38. The zero-order chi connectivity index (χ0) is 13.8. The maximum atomic E-state index is 12.2. The van der Waals surface area contributed by atoms with Crippen LogP contribution in [0.25, 0.3) is 0 Å². The lowest BCUT2D eigenvalue weighted by Gasteiger charge is -2.16. The average molecular weight is 341 g/mol. The predicted molar refractivity (Wildman–Crippen MR) is 78.6 cm³/mol. The molecule has 0 aliphatic rings. The molecule has 0 unspecified atom stereocenters. The zero-order valence-corrected chi connectivity index (χ0v) is 13.0. The van der Waals surface area contributed by atoms with Crippen molar-refractivity contribution in [3.8, 4) is 5.88 Å². The highest BCUT2D eigenvalue weighted by Crippen LogP contribution is 2.23. The van der Waals surface area contributed by atoms with E-state index in [4.69, 9.17) is 4.74 Å². The minimum Gasteiger partial charge on any atom is -0.481 e. The van der Waals surface area contributed by atoms with E-state index in [0.29, 0.717) is 18.0 Å². The van der Waals surface area contributed by atoms with Crippen LogP contribution in [0.5, 0.6) is 5.88 Å². The molecule has 1 amide bonds. The maximum absolute atomic E-state index is 12.2. The molecule has 0 aromatic carbocycles. The fraction of sp³-hybridized carbons (Fsp3) is 0.231. The molecule has 0 saturated heterocycles. The molecule has 4 nitrogen and oxygen atoms in total. The van der Waals surface area contributed by atoms with Crippen LogP contribution in [0.15, 0.2) is 34.2 Å². The third-order valence-electron chi connectivity index (χ3n) is 2.56. The van der Waals surface area contributed by atoms with Crippen LogP contribution in [0, 0.1) is 0 Å². The first kappa shape index (κ1) is 14.0. The second-order valence-electron chi connectivity index (χ2n) is 3.96. The van der Waals surface area contributed by atoms with Gasteiger partial charge in [0.15, 0.2) is 0 Å². The number of ether oxygens (including phenoxy) is 1. The van der Waals surface area contributed by atoms with Crippen LogP contribution in [-0.4, -0.2) is 29.9 Å². The van der Waals surface area contributed by atoms with Crippen molar-refractivity contribution >= 4 is 33.2 Å². The fourth-order valence-corrected chi connectivity index (χ4v) is 3.13. The summed E-state index contributed by atoms with van der Waals surface area (Å²) in [6.45, 7) is 0.584. The Hall–Kier alpha value is -1.40. The molecule has 19 heavy (non-hydrogen) atoms. The Kier molecular flexibility index (Phi) is 4.55. The maximum Gasteiger partial charge on any atom is 0.255 e. The molecule has 0 fully saturated rings. The van der Waals surface area contributed by atoms with Gasteiger partial charge in [-0.15, -0.1) is 11.3 Å². The van der Waals surface area contributed by atoms with Gasteiger partial charge in [-0.3, -0.25) is 4.79 Å². The Morgan fingerprint density at radius 3 is 2.74 bits per heavy atom. The minimum atomic E-state index is -0.0559. The highest BCUT2D eigenvalue weighted by atomic mass is 79.9. The SMILES string of the molecule is COc1ccc(C(=O)N(C)Cc2ccc(Br)s2)cn1. The Morgan fingerprint density at radius 2 is 2.21 bits per heavy atom. The molecule has 6 heteroatoms. The summed E-state index contributed by atoms with van der Waals surface area (Å²) in [5, 5.41) is 0. The van der Waals surface area contributed by atoms with E-state index in [9.17, 15) is 4.79 Å². The Labute approximate surface area is 124 Å². The summed E-state index contributed by atoms with van der Waals surface area (Å²) in [5.74, 6) is 0.445. The van der Waals surface area contributed by atoms with Crippen molar-refractivity contribution in [2.75, 3.05) is 14.2 Å². The Balaban J connectivity index is 2.05. The number of pyridine rings is 1. The van der Waals surface area contributed by atoms with Gasteiger partial charge in [0.2, 0.25) is 5.88 Å². The first-order valence-corrected chi connectivity index (χ1v) is 7.21. The summed E-state index contributed by atoms with van der Waals surface area (Å²) in [4.78, 5) is 19.0. The number of hydrogen-bond donors (Lipinski definition) is 0. The van der Waals surface area contributed by atoms with Crippen LogP contribution < -0.4 is 4.74 Å². The van der Waals surface area contributed by atoms with E-state index in [1.165, 1.54) is 6.20 Å². The normalized spacial score (nSPS) is 10.3. The van der Waals surface area contributed by atoms with Crippen molar-refractivity contribution in [2.24, 2.45) is 0 Å². The molecule has 2 aromatic heterocycles. The monoisotopic (exact) mass is 340 g/mol. The van der Waals surface area contributed by atoms with E-state index < -0.39 is 0 Å². The van der Waals surface area contributed by atoms with Gasteiger partial charge in [0.1, 0.15) is 0 Å². The lowest BCUT2D eigenvalue weighted by molar-refractivity contribution is 0.0786. The molecule has 0 spiro atoms. The molecule has 0 aliphatic heterocycles. The second-order valence-corrected chi connectivity index (χ2v) is 6.50. The summed E-state index contributed by atoms with van der Waals surface area (Å²) in [7, 11) is 3.32. The van der Waals surface area contributed by atoms with E-state index in [1.807, 2.05) is 12.1 Å². The predicted octanol–water partition coefficient (Wildman–Crippen LogP) is 3.19. The topological polar surface area (TPSA) is 42.4 Å². The molecule has 2 rings (SSSR count). The molecule has 0 bridgehead atoms. The Bertz CT molecular complexity index is 568. The molecular weight excluding hydrogens is 328 g/mol. The molecule has 2 heterocycles. The molecule has 2 aromatic rings. The van der Waals surface area contributed by atoms with E-state index in [2.05, 4.69) is 20.9 Å². The van der Waals surface area contributed by atoms with Crippen LogP contribution >= 0.6 is 27.3 Å². The number of methoxy groups -OCH3 is 1. The van der Waals surface area contributed by atoms with E-state index in [1.54, 1.807) is 42.5 Å². The number of hydrogen-bond acceptors (Lipinski definition) is 4. The number of amides is 1. The molecule has 0 N–H and O–H groups in total. The van der Waals surface area contributed by atoms with E-state index in [-0.39, 0.29) is 5.91 Å². The smallest absolute Gasteiger partial charge is 0.255 e. The van der Waals surface area contributed by atoms with Gasteiger partial charge >= 0.3 is 0 Å². The van der Waals surface area contributed by atoms with Gasteiger partial charge in [-0.1, -0.05) is 0 Å². The number of carbonyl (C=O) groups excluding carboxylic acids is 1. The number of thiophene rings is 1. The van der Waals surface area contributed by atoms with Crippen molar-refractivity contribution in [2.45, 2.75) is 6.54 Å². The van der Waals surface area contributed by atoms with Crippen molar-refractivity contribution in [3.05, 3.63) is 44.7 Å². The highest BCUT2D eigenvalue weighted by molar-refractivity contribution is 9.11. The Morgan fingerprint density at radius 1 is 1.42 bits per heavy atom. The van der Waals surface area contributed by atoms with Crippen LogP contribution in [-0.2, 0) is 6.54 Å². The third-order valence-corrected chi connectivity index (χ3v) is 4.17. The van der Waals surface area contributed by atoms with Gasteiger partial charge in [-0.25, -0.2) is 4.98 Å². The highest BCUT2D eigenvalue weighted by Gasteiger charge is 2.13. The number of halogens is 1. The fourth-order valence-electron chi connectivity index (χ4n) is 1.59. The first-order chi connectivity index (χ1) is 9.10. The van der Waals surface area contributed by atoms with Gasteiger partial charge in [0.05, 0.1) is 23.0 Å². The first-order valence-electron chi connectivity index (χ1n) is 5.60. The lowest BCUT2D eigenvalue weighted by atomic mass is 10.2. The minimum absolute atomic E-state index is 0.0559. The number of aromatic nitrogens is 1. The van der Waals surface area contributed by atoms with Crippen LogP contribution in [0.4, 0.5) is 0 Å². The van der Waals surface area contributed by atoms with E-state index in [0.717, 1.165) is 8.66 Å². The number of carbonyl (C=O) groups is 1. The zero-order valence-electron chi connectivity index (χ0n) is 10.6. The number of rotatable bonds is 4. The molecule has 0 radical (unpaired) electrons.